The minimum atomic E-state index is -0.0495. The zero-order chi connectivity index (χ0) is 14.1. The molecule has 2 aromatic heterocycles. The molecule has 2 aromatic rings. The van der Waals surface area contributed by atoms with Crippen molar-refractivity contribution in [2.45, 2.75) is 25.3 Å². The molecule has 2 heterocycles. The summed E-state index contributed by atoms with van der Waals surface area (Å²) in [5.74, 6) is 0. The highest BCUT2D eigenvalue weighted by Crippen LogP contribution is 2.30. The third kappa shape index (κ3) is 2.39. The van der Waals surface area contributed by atoms with Crippen molar-refractivity contribution in [2.75, 3.05) is 5.32 Å². The Morgan fingerprint density at radius 1 is 1.25 bits per heavy atom. The Labute approximate surface area is 116 Å². The van der Waals surface area contributed by atoms with Gasteiger partial charge in [0.05, 0.1) is 11.7 Å². The van der Waals surface area contributed by atoms with E-state index in [0.29, 0.717) is 0 Å². The Hall–Kier alpha value is -2.30. The SMILES string of the molecule is Cn1cc(NC2CCCc3[nH]c(=O)ccc32)ccc1=O. The average Bonchev–Trinajstić information content (AvgIpc) is 2.43. The van der Waals surface area contributed by atoms with Crippen LogP contribution in [-0.4, -0.2) is 9.55 Å². The molecule has 5 heteroatoms. The van der Waals surface area contributed by atoms with Crippen LogP contribution in [0.5, 0.6) is 0 Å². The number of hydrogen-bond donors (Lipinski definition) is 2. The van der Waals surface area contributed by atoms with Gasteiger partial charge in [0.25, 0.3) is 0 Å². The highest BCUT2D eigenvalue weighted by Gasteiger charge is 2.20. The second kappa shape index (κ2) is 5.00. The van der Waals surface area contributed by atoms with Crippen molar-refractivity contribution in [3.05, 3.63) is 62.4 Å². The van der Waals surface area contributed by atoms with Crippen molar-refractivity contribution in [1.82, 2.24) is 9.55 Å². The average molecular weight is 271 g/mol. The lowest BCUT2D eigenvalue weighted by molar-refractivity contribution is 0.586. The van der Waals surface area contributed by atoms with Gasteiger partial charge in [-0.3, -0.25) is 9.59 Å². The number of aromatic nitrogens is 2. The van der Waals surface area contributed by atoms with Crippen LogP contribution in [0.3, 0.4) is 0 Å². The van der Waals surface area contributed by atoms with E-state index in [9.17, 15) is 9.59 Å². The maximum atomic E-state index is 11.4. The maximum Gasteiger partial charge on any atom is 0.250 e. The van der Waals surface area contributed by atoms with Crippen LogP contribution in [0.1, 0.15) is 30.1 Å². The van der Waals surface area contributed by atoms with Crippen molar-refractivity contribution < 1.29 is 0 Å². The number of hydrogen-bond acceptors (Lipinski definition) is 3. The van der Waals surface area contributed by atoms with E-state index < -0.39 is 0 Å². The van der Waals surface area contributed by atoms with Crippen molar-refractivity contribution >= 4 is 5.69 Å². The van der Waals surface area contributed by atoms with Crippen LogP contribution >= 0.6 is 0 Å². The summed E-state index contributed by atoms with van der Waals surface area (Å²) in [6.07, 6.45) is 4.76. The van der Waals surface area contributed by atoms with Gasteiger partial charge in [0.1, 0.15) is 0 Å². The molecule has 104 valence electrons. The predicted molar refractivity (Wildman–Crippen MR) is 78.0 cm³/mol. The zero-order valence-electron chi connectivity index (χ0n) is 11.3. The molecule has 0 saturated carbocycles. The van der Waals surface area contributed by atoms with Gasteiger partial charge in [-0.1, -0.05) is 0 Å². The first-order valence-electron chi connectivity index (χ1n) is 6.79. The van der Waals surface area contributed by atoms with Gasteiger partial charge in [-0.05, 0) is 37.0 Å². The van der Waals surface area contributed by atoms with Crippen molar-refractivity contribution in [3.8, 4) is 0 Å². The summed E-state index contributed by atoms with van der Waals surface area (Å²) in [6.45, 7) is 0. The Morgan fingerprint density at radius 2 is 2.10 bits per heavy atom. The lowest BCUT2D eigenvalue weighted by Crippen LogP contribution is -2.22. The number of fused-ring (bicyclic) bond motifs is 1. The number of nitrogens with one attached hydrogen (secondary N) is 2. The molecule has 5 nitrogen and oxygen atoms in total. The molecule has 0 saturated heterocycles. The van der Waals surface area contributed by atoms with Crippen LogP contribution in [0.2, 0.25) is 0 Å². The predicted octanol–water partition coefficient (Wildman–Crippen LogP) is 1.56. The second-order valence-corrected chi connectivity index (χ2v) is 5.21. The van der Waals surface area contributed by atoms with Gasteiger partial charge >= 0.3 is 0 Å². The fourth-order valence-electron chi connectivity index (χ4n) is 2.73. The molecule has 2 N–H and O–H groups in total. The molecule has 1 aliphatic carbocycles. The fraction of sp³-hybridized carbons (Fsp3) is 0.333. The van der Waals surface area contributed by atoms with E-state index in [2.05, 4.69) is 10.3 Å². The molecule has 1 atom stereocenters. The molecular formula is C15H17N3O2. The molecule has 0 spiro atoms. The summed E-state index contributed by atoms with van der Waals surface area (Å²) in [6, 6.07) is 6.99. The van der Waals surface area contributed by atoms with Crippen LogP contribution in [0.4, 0.5) is 5.69 Å². The summed E-state index contributed by atoms with van der Waals surface area (Å²) in [4.78, 5) is 25.7. The van der Waals surface area contributed by atoms with E-state index >= 15 is 0 Å². The van der Waals surface area contributed by atoms with Crippen LogP contribution in [-0.2, 0) is 13.5 Å². The Balaban J connectivity index is 1.91. The smallest absolute Gasteiger partial charge is 0.250 e. The Morgan fingerprint density at radius 3 is 2.90 bits per heavy atom. The number of aryl methyl sites for hydroxylation is 2. The van der Waals surface area contributed by atoms with Crippen LogP contribution in [0.15, 0.2) is 40.1 Å². The summed E-state index contributed by atoms with van der Waals surface area (Å²) in [7, 11) is 1.74. The first-order chi connectivity index (χ1) is 9.63. The standard InChI is InChI=1S/C15H17N3O2/c1-18-9-10(5-8-15(18)20)16-12-3-2-4-13-11(12)6-7-14(19)17-13/h5-9,12,16H,2-4H2,1H3,(H,17,19). The van der Waals surface area contributed by atoms with Crippen molar-refractivity contribution in [1.29, 1.82) is 0 Å². The molecule has 1 aliphatic rings. The molecule has 1 unspecified atom stereocenters. The molecule has 0 radical (unpaired) electrons. The molecule has 0 fully saturated rings. The van der Waals surface area contributed by atoms with Crippen LogP contribution < -0.4 is 16.4 Å². The van der Waals surface area contributed by atoms with Crippen LogP contribution in [0, 0.1) is 0 Å². The van der Waals surface area contributed by atoms with Crippen LogP contribution in [0.25, 0.3) is 0 Å². The zero-order valence-corrected chi connectivity index (χ0v) is 11.3. The van der Waals surface area contributed by atoms with E-state index in [0.717, 1.165) is 36.2 Å². The topological polar surface area (TPSA) is 66.9 Å². The highest BCUT2D eigenvalue weighted by atomic mass is 16.1. The van der Waals surface area contributed by atoms with E-state index in [1.807, 2.05) is 6.07 Å². The van der Waals surface area contributed by atoms with Gasteiger partial charge in [-0.25, -0.2) is 0 Å². The monoisotopic (exact) mass is 271 g/mol. The largest absolute Gasteiger partial charge is 0.377 e. The normalized spacial score (nSPS) is 17.6. The van der Waals surface area contributed by atoms with E-state index in [4.69, 9.17) is 0 Å². The Kier molecular flexibility index (Phi) is 3.18. The van der Waals surface area contributed by atoms with Gasteiger partial charge < -0.3 is 14.9 Å². The van der Waals surface area contributed by atoms with Gasteiger partial charge in [0, 0.05) is 31.1 Å². The number of H-pyrrole nitrogens is 1. The molecule has 20 heavy (non-hydrogen) atoms. The number of aromatic amines is 1. The number of rotatable bonds is 2. The third-order valence-corrected chi connectivity index (χ3v) is 3.76. The molecule has 0 bridgehead atoms. The summed E-state index contributed by atoms with van der Waals surface area (Å²) in [5, 5.41) is 3.44. The molecular weight excluding hydrogens is 254 g/mol. The van der Waals surface area contributed by atoms with E-state index in [1.54, 1.807) is 36.0 Å². The first kappa shape index (κ1) is 12.7. The summed E-state index contributed by atoms with van der Waals surface area (Å²) < 4.78 is 1.55. The minimum Gasteiger partial charge on any atom is -0.377 e. The van der Waals surface area contributed by atoms with Gasteiger partial charge in [0.2, 0.25) is 11.1 Å². The van der Waals surface area contributed by atoms with Crippen molar-refractivity contribution in [3.63, 3.8) is 0 Å². The molecule has 0 amide bonds. The lowest BCUT2D eigenvalue weighted by atomic mass is 9.91. The molecule has 0 aliphatic heterocycles. The number of nitrogens with zero attached hydrogens (tertiary/aromatic N) is 1. The maximum absolute atomic E-state index is 11.4. The third-order valence-electron chi connectivity index (χ3n) is 3.76. The molecule has 3 rings (SSSR count). The van der Waals surface area contributed by atoms with Gasteiger partial charge in [0.15, 0.2) is 0 Å². The summed E-state index contributed by atoms with van der Waals surface area (Å²) >= 11 is 0. The first-order valence-corrected chi connectivity index (χ1v) is 6.79. The highest BCUT2D eigenvalue weighted by molar-refractivity contribution is 5.44. The van der Waals surface area contributed by atoms with Crippen molar-refractivity contribution in [2.24, 2.45) is 7.05 Å². The van der Waals surface area contributed by atoms with E-state index in [-0.39, 0.29) is 17.2 Å². The Bertz CT molecular complexity index is 745. The van der Waals surface area contributed by atoms with Gasteiger partial charge in [-0.2, -0.15) is 0 Å². The molecule has 0 aromatic carbocycles. The second-order valence-electron chi connectivity index (χ2n) is 5.21. The fourth-order valence-corrected chi connectivity index (χ4v) is 2.73. The van der Waals surface area contributed by atoms with Gasteiger partial charge in [-0.15, -0.1) is 0 Å². The number of anilines is 1. The summed E-state index contributed by atoms with van der Waals surface area (Å²) in [5.41, 5.74) is 3.00. The quantitative estimate of drug-likeness (QED) is 0.871. The minimum absolute atomic E-state index is 0.0241. The van der Waals surface area contributed by atoms with E-state index in [1.165, 1.54) is 0 Å². The lowest BCUT2D eigenvalue weighted by Gasteiger charge is -2.26. The number of pyridine rings is 2.